The number of alkyl halides is 1. The topological polar surface area (TPSA) is 55.4 Å². The summed E-state index contributed by atoms with van der Waals surface area (Å²) in [6, 6.07) is 9.26. The minimum atomic E-state index is -1.51. The van der Waals surface area contributed by atoms with Crippen molar-refractivity contribution in [3.8, 4) is 0 Å². The molecule has 0 spiro atoms. The summed E-state index contributed by atoms with van der Waals surface area (Å²) in [5.41, 5.74) is 0.879. The zero-order valence-electron chi connectivity index (χ0n) is 11.6. The smallest absolute Gasteiger partial charge is 0.407 e. The van der Waals surface area contributed by atoms with Crippen LogP contribution in [0, 0.1) is 0 Å². The number of hydrogen-bond donors (Lipinski definition) is 1. The Labute approximate surface area is 118 Å². The Bertz CT molecular complexity index is 422. The monoisotopic (exact) mass is 281 g/mol. The van der Waals surface area contributed by atoms with Gasteiger partial charge >= 0.3 is 6.09 Å². The first-order valence-electron chi connectivity index (χ1n) is 6.74. The standard InChI is InChI=1S/C15H20FNO3/c1-2-6-14(18)13(16)9-10-17-15(19)20-11-12-7-4-3-5-8-12/h3-5,7-8,13H,2,6,9-11H2,1H3,(H,17,19). The van der Waals surface area contributed by atoms with E-state index in [1.165, 1.54) is 0 Å². The predicted molar refractivity (Wildman–Crippen MR) is 74.1 cm³/mol. The summed E-state index contributed by atoms with van der Waals surface area (Å²) in [7, 11) is 0. The SMILES string of the molecule is CCCC(=O)C(F)CCNC(=O)OCc1ccccc1. The largest absolute Gasteiger partial charge is 0.445 e. The normalized spacial score (nSPS) is 11.7. The van der Waals surface area contributed by atoms with Gasteiger partial charge in [-0.1, -0.05) is 37.3 Å². The number of nitrogens with one attached hydrogen (secondary N) is 1. The van der Waals surface area contributed by atoms with Crippen molar-refractivity contribution in [1.29, 1.82) is 0 Å². The number of carbonyl (C=O) groups is 2. The molecule has 5 heteroatoms. The van der Waals surface area contributed by atoms with E-state index in [0.717, 1.165) is 5.56 Å². The van der Waals surface area contributed by atoms with E-state index >= 15 is 0 Å². The van der Waals surface area contributed by atoms with Gasteiger partial charge in [0.05, 0.1) is 0 Å². The highest BCUT2D eigenvalue weighted by Crippen LogP contribution is 2.04. The maximum atomic E-state index is 13.3. The molecule has 0 saturated carbocycles. The molecule has 110 valence electrons. The van der Waals surface area contributed by atoms with Crippen molar-refractivity contribution in [3.05, 3.63) is 35.9 Å². The van der Waals surface area contributed by atoms with Crippen LogP contribution in [0.2, 0.25) is 0 Å². The van der Waals surface area contributed by atoms with E-state index in [0.29, 0.717) is 6.42 Å². The van der Waals surface area contributed by atoms with Gasteiger partial charge in [0.25, 0.3) is 0 Å². The van der Waals surface area contributed by atoms with Gasteiger partial charge in [-0.05, 0) is 12.0 Å². The first-order valence-corrected chi connectivity index (χ1v) is 6.74. The van der Waals surface area contributed by atoms with Crippen LogP contribution < -0.4 is 5.32 Å². The molecule has 0 aliphatic heterocycles. The third-order valence-electron chi connectivity index (χ3n) is 2.73. The summed E-state index contributed by atoms with van der Waals surface area (Å²) in [6.07, 6.45) is -1.27. The summed E-state index contributed by atoms with van der Waals surface area (Å²) in [6.45, 7) is 2.08. The van der Waals surface area contributed by atoms with Crippen LogP contribution in [-0.2, 0) is 16.1 Å². The van der Waals surface area contributed by atoms with Gasteiger partial charge in [0, 0.05) is 19.4 Å². The summed E-state index contributed by atoms with van der Waals surface area (Å²) in [5.74, 6) is -0.410. The van der Waals surface area contributed by atoms with Crippen LogP contribution in [0.5, 0.6) is 0 Å². The second-order valence-electron chi connectivity index (χ2n) is 4.46. The number of rotatable bonds is 8. The number of ketones is 1. The molecule has 0 radical (unpaired) electrons. The van der Waals surface area contributed by atoms with Crippen molar-refractivity contribution < 1.29 is 18.7 Å². The van der Waals surface area contributed by atoms with E-state index in [4.69, 9.17) is 4.74 Å². The van der Waals surface area contributed by atoms with Crippen LogP contribution >= 0.6 is 0 Å². The predicted octanol–water partition coefficient (Wildman–Crippen LogP) is 3.01. The lowest BCUT2D eigenvalue weighted by Gasteiger charge is -2.09. The molecular formula is C15H20FNO3. The third kappa shape index (κ3) is 6.31. The Hall–Kier alpha value is -1.91. The molecule has 0 aliphatic carbocycles. The van der Waals surface area contributed by atoms with Crippen LogP contribution in [0.3, 0.4) is 0 Å². The van der Waals surface area contributed by atoms with E-state index in [1.807, 2.05) is 37.3 Å². The molecule has 1 aromatic rings. The average molecular weight is 281 g/mol. The van der Waals surface area contributed by atoms with Crippen molar-refractivity contribution >= 4 is 11.9 Å². The average Bonchev–Trinajstić information content (AvgIpc) is 2.46. The number of Topliss-reactive ketones (excluding diaryl/α,β-unsaturated/α-hetero) is 1. The lowest BCUT2D eigenvalue weighted by Crippen LogP contribution is -2.28. The van der Waals surface area contributed by atoms with Gasteiger partial charge < -0.3 is 10.1 Å². The van der Waals surface area contributed by atoms with Crippen molar-refractivity contribution in [2.45, 2.75) is 39.0 Å². The maximum Gasteiger partial charge on any atom is 0.407 e. The van der Waals surface area contributed by atoms with E-state index in [1.54, 1.807) is 0 Å². The molecule has 0 bridgehead atoms. The molecule has 1 aromatic carbocycles. The van der Waals surface area contributed by atoms with Crippen molar-refractivity contribution in [2.24, 2.45) is 0 Å². The molecule has 1 unspecified atom stereocenters. The fourth-order valence-electron chi connectivity index (χ4n) is 1.64. The van der Waals surface area contributed by atoms with Gasteiger partial charge in [0.2, 0.25) is 0 Å². The van der Waals surface area contributed by atoms with Crippen LogP contribution in [0.25, 0.3) is 0 Å². The number of carbonyl (C=O) groups excluding carboxylic acids is 2. The Morgan fingerprint density at radius 1 is 1.30 bits per heavy atom. The number of alkyl carbamates (subject to hydrolysis) is 1. The molecule has 20 heavy (non-hydrogen) atoms. The molecule has 4 nitrogen and oxygen atoms in total. The maximum absolute atomic E-state index is 13.3. The van der Waals surface area contributed by atoms with Crippen molar-refractivity contribution in [3.63, 3.8) is 0 Å². The van der Waals surface area contributed by atoms with E-state index in [2.05, 4.69) is 5.32 Å². The van der Waals surface area contributed by atoms with Crippen LogP contribution in [0.4, 0.5) is 9.18 Å². The zero-order chi connectivity index (χ0) is 14.8. The molecule has 1 amide bonds. The van der Waals surface area contributed by atoms with Crippen molar-refractivity contribution in [1.82, 2.24) is 5.32 Å². The third-order valence-corrected chi connectivity index (χ3v) is 2.73. The molecule has 0 aromatic heterocycles. The van der Waals surface area contributed by atoms with Gasteiger partial charge in [-0.3, -0.25) is 4.79 Å². The molecule has 0 heterocycles. The van der Waals surface area contributed by atoms with Crippen LogP contribution in [-0.4, -0.2) is 24.6 Å². The fraction of sp³-hybridized carbons (Fsp3) is 0.467. The first-order chi connectivity index (χ1) is 9.63. The van der Waals surface area contributed by atoms with E-state index in [-0.39, 0.29) is 26.0 Å². The number of ether oxygens (including phenoxy) is 1. The molecule has 1 atom stereocenters. The molecule has 0 fully saturated rings. The van der Waals surface area contributed by atoms with Crippen molar-refractivity contribution in [2.75, 3.05) is 6.54 Å². The minimum absolute atomic E-state index is 0.0146. The molecule has 0 saturated heterocycles. The molecule has 1 N–H and O–H groups in total. The number of benzene rings is 1. The number of amides is 1. The summed E-state index contributed by atoms with van der Waals surface area (Å²) in [4.78, 5) is 22.6. The highest BCUT2D eigenvalue weighted by molar-refractivity contribution is 5.82. The fourth-order valence-corrected chi connectivity index (χ4v) is 1.64. The van der Waals surface area contributed by atoms with E-state index < -0.39 is 18.0 Å². The summed E-state index contributed by atoms with van der Waals surface area (Å²) < 4.78 is 18.3. The first kappa shape index (κ1) is 16.1. The van der Waals surface area contributed by atoms with Gasteiger partial charge in [0.15, 0.2) is 12.0 Å². The number of halogens is 1. The Morgan fingerprint density at radius 3 is 2.65 bits per heavy atom. The second-order valence-corrected chi connectivity index (χ2v) is 4.46. The van der Waals surface area contributed by atoms with Crippen LogP contribution in [0.15, 0.2) is 30.3 Å². The summed E-state index contributed by atoms with van der Waals surface area (Å²) >= 11 is 0. The highest BCUT2D eigenvalue weighted by Gasteiger charge is 2.16. The van der Waals surface area contributed by atoms with Gasteiger partial charge in [0.1, 0.15) is 6.61 Å². The van der Waals surface area contributed by atoms with E-state index in [9.17, 15) is 14.0 Å². The Kier molecular flexibility index (Phi) is 7.32. The Morgan fingerprint density at radius 2 is 2.00 bits per heavy atom. The summed E-state index contributed by atoms with van der Waals surface area (Å²) in [5, 5.41) is 2.43. The zero-order valence-corrected chi connectivity index (χ0v) is 11.6. The molecular weight excluding hydrogens is 261 g/mol. The lowest BCUT2D eigenvalue weighted by atomic mass is 10.1. The highest BCUT2D eigenvalue weighted by atomic mass is 19.1. The lowest BCUT2D eigenvalue weighted by molar-refractivity contribution is -0.124. The second kappa shape index (κ2) is 9.07. The van der Waals surface area contributed by atoms with Gasteiger partial charge in [-0.15, -0.1) is 0 Å². The Balaban J connectivity index is 2.16. The minimum Gasteiger partial charge on any atom is -0.445 e. The molecule has 1 rings (SSSR count). The van der Waals surface area contributed by atoms with Gasteiger partial charge in [-0.25, -0.2) is 9.18 Å². The van der Waals surface area contributed by atoms with Gasteiger partial charge in [-0.2, -0.15) is 0 Å². The number of hydrogen-bond acceptors (Lipinski definition) is 3. The van der Waals surface area contributed by atoms with Crippen LogP contribution in [0.1, 0.15) is 31.7 Å². The molecule has 0 aliphatic rings. The quantitative estimate of drug-likeness (QED) is 0.797.